The van der Waals surface area contributed by atoms with Crippen LogP contribution in [-0.2, 0) is 30.7 Å². The SMILES string of the molecule is CC(=O)/C=C(/C)[O-].CC(=O)/C=C(\C)[O-].N[C@@H]1CCCC[C@H]1N.[Pt+4]. The molecule has 1 aliphatic carbocycles. The van der Waals surface area contributed by atoms with E-state index < -0.39 is 0 Å². The zero-order chi connectivity index (χ0) is 17.7. The van der Waals surface area contributed by atoms with Crippen LogP contribution in [0.15, 0.2) is 23.7 Å². The molecule has 0 aromatic heterocycles. The van der Waals surface area contributed by atoms with Crippen molar-refractivity contribution in [1.82, 2.24) is 0 Å². The van der Waals surface area contributed by atoms with Crippen LogP contribution in [0.2, 0.25) is 0 Å². The molecule has 4 N–H and O–H groups in total. The van der Waals surface area contributed by atoms with Crippen LogP contribution in [0.4, 0.5) is 0 Å². The Balaban J connectivity index is -0.000000257. The topological polar surface area (TPSA) is 132 Å². The molecule has 0 unspecified atom stereocenters. The summed E-state index contributed by atoms with van der Waals surface area (Å²) in [5.41, 5.74) is 11.3. The minimum atomic E-state index is -0.187. The van der Waals surface area contributed by atoms with Crippen LogP contribution < -0.4 is 21.7 Å². The van der Waals surface area contributed by atoms with Crippen LogP contribution in [0.1, 0.15) is 53.4 Å². The van der Waals surface area contributed by atoms with Gasteiger partial charge in [-0.2, -0.15) is 0 Å². The van der Waals surface area contributed by atoms with Crippen molar-refractivity contribution in [3.05, 3.63) is 23.7 Å². The number of hydrogen-bond acceptors (Lipinski definition) is 6. The molecule has 0 bridgehead atoms. The normalized spacial score (nSPS) is 20.8. The number of ketones is 2. The Labute approximate surface area is 153 Å². The summed E-state index contributed by atoms with van der Waals surface area (Å²) in [6, 6.07) is 0.562. The van der Waals surface area contributed by atoms with Gasteiger partial charge in [0.15, 0.2) is 11.6 Å². The van der Waals surface area contributed by atoms with E-state index in [2.05, 4.69) is 0 Å². The molecule has 0 aliphatic heterocycles. The largest absolute Gasteiger partial charge is 4.00 e. The zero-order valence-corrected chi connectivity index (χ0v) is 16.5. The van der Waals surface area contributed by atoms with Crippen LogP contribution in [0, 0.1) is 0 Å². The number of allylic oxidation sites excluding steroid dienone is 4. The Morgan fingerprint density at radius 3 is 1.17 bits per heavy atom. The maximum atomic E-state index is 9.98. The molecule has 134 valence electrons. The second-order valence-electron chi connectivity index (χ2n) is 5.34. The molecular formula is C16H28N2O4Pt+2. The van der Waals surface area contributed by atoms with Gasteiger partial charge in [0, 0.05) is 12.1 Å². The third kappa shape index (κ3) is 23.4. The van der Waals surface area contributed by atoms with Crippen LogP contribution in [0.5, 0.6) is 0 Å². The maximum Gasteiger partial charge on any atom is 4.00 e. The van der Waals surface area contributed by atoms with Gasteiger partial charge in [0.25, 0.3) is 0 Å². The van der Waals surface area contributed by atoms with Gasteiger partial charge < -0.3 is 21.7 Å². The van der Waals surface area contributed by atoms with Gasteiger partial charge in [-0.3, -0.25) is 9.59 Å². The molecule has 6 nitrogen and oxygen atoms in total. The van der Waals surface area contributed by atoms with Gasteiger partial charge in [0.1, 0.15) is 0 Å². The third-order valence-electron chi connectivity index (χ3n) is 2.69. The van der Waals surface area contributed by atoms with Gasteiger partial charge in [-0.15, -0.1) is 11.5 Å². The fourth-order valence-electron chi connectivity index (χ4n) is 1.76. The number of nitrogens with two attached hydrogens (primary N) is 2. The summed E-state index contributed by atoms with van der Waals surface area (Å²) in [6.45, 7) is 5.39. The van der Waals surface area contributed by atoms with Crippen molar-refractivity contribution < 1.29 is 40.9 Å². The molecule has 1 saturated carbocycles. The molecule has 0 aromatic carbocycles. The first-order chi connectivity index (χ1) is 10.1. The molecule has 1 fully saturated rings. The Hall–Kier alpha value is -0.972. The maximum absolute atomic E-state index is 9.98. The van der Waals surface area contributed by atoms with Crippen molar-refractivity contribution in [3.63, 3.8) is 0 Å². The van der Waals surface area contributed by atoms with Gasteiger partial charge in [0.2, 0.25) is 0 Å². The second-order valence-corrected chi connectivity index (χ2v) is 5.34. The van der Waals surface area contributed by atoms with E-state index in [1.807, 2.05) is 0 Å². The summed E-state index contributed by atoms with van der Waals surface area (Å²) in [4.78, 5) is 20.0. The van der Waals surface area contributed by atoms with Crippen molar-refractivity contribution in [3.8, 4) is 0 Å². The summed E-state index contributed by atoms with van der Waals surface area (Å²) in [6.07, 6.45) is 6.91. The Bertz CT molecular complexity index is 363. The smallest absolute Gasteiger partial charge is 0.876 e. The van der Waals surface area contributed by atoms with Crippen molar-refractivity contribution in [2.45, 2.75) is 65.5 Å². The molecule has 1 aliphatic rings. The molecule has 0 heterocycles. The molecule has 2 atom stereocenters. The van der Waals surface area contributed by atoms with E-state index in [-0.39, 0.29) is 56.2 Å². The van der Waals surface area contributed by atoms with E-state index in [1.54, 1.807) is 0 Å². The summed E-state index contributed by atoms with van der Waals surface area (Å²) in [7, 11) is 0. The summed E-state index contributed by atoms with van der Waals surface area (Å²) >= 11 is 0. The Morgan fingerprint density at radius 1 is 0.826 bits per heavy atom. The standard InChI is InChI=1S/C6H14N2.2C5H8O2.Pt/c7-5-3-1-2-4-6(5)8;2*1-4(6)3-5(2)7;/h5-6H,1-4,7-8H2;2*3,6H,1-2H3;/q;;;+4/p-2/b;4-3+;4-3-;/t5-,6-;;;/m1.../s1. The van der Waals surface area contributed by atoms with Gasteiger partial charge >= 0.3 is 21.1 Å². The van der Waals surface area contributed by atoms with Crippen LogP contribution in [0.3, 0.4) is 0 Å². The first-order valence-corrected chi connectivity index (χ1v) is 7.29. The van der Waals surface area contributed by atoms with Gasteiger partial charge in [-0.1, -0.05) is 26.7 Å². The summed E-state index contributed by atoms with van der Waals surface area (Å²) in [5.74, 6) is -0.750. The van der Waals surface area contributed by atoms with Crippen LogP contribution in [0.25, 0.3) is 0 Å². The number of rotatable bonds is 2. The first-order valence-electron chi connectivity index (χ1n) is 7.29. The first kappa shape index (κ1) is 26.9. The molecule has 0 spiro atoms. The molecule has 7 heteroatoms. The predicted molar refractivity (Wildman–Crippen MR) is 83.3 cm³/mol. The van der Waals surface area contributed by atoms with Gasteiger partial charge in [0.05, 0.1) is 0 Å². The number of carbonyl (C=O) groups excluding carboxylic acids is 2. The van der Waals surface area contributed by atoms with Crippen molar-refractivity contribution >= 4 is 11.6 Å². The molecule has 0 radical (unpaired) electrons. The summed E-state index contributed by atoms with van der Waals surface area (Å²) in [5, 5.41) is 20.0. The molecule has 0 amide bonds. The van der Waals surface area contributed by atoms with Crippen molar-refractivity contribution in [2.24, 2.45) is 11.5 Å². The van der Waals surface area contributed by atoms with E-state index in [0.29, 0.717) is 0 Å². The average Bonchev–Trinajstić information content (AvgIpc) is 2.31. The molecule has 1 rings (SSSR count). The van der Waals surface area contributed by atoms with E-state index in [4.69, 9.17) is 11.5 Å². The van der Waals surface area contributed by atoms with Gasteiger partial charge in [-0.25, -0.2) is 0 Å². The van der Waals surface area contributed by atoms with E-state index >= 15 is 0 Å². The minimum Gasteiger partial charge on any atom is -0.876 e. The summed E-state index contributed by atoms with van der Waals surface area (Å²) < 4.78 is 0. The minimum absolute atomic E-state index is 0. The van der Waals surface area contributed by atoms with Crippen molar-refractivity contribution in [1.29, 1.82) is 0 Å². The van der Waals surface area contributed by atoms with E-state index in [9.17, 15) is 19.8 Å². The van der Waals surface area contributed by atoms with Crippen LogP contribution >= 0.6 is 0 Å². The Kier molecular flexibility index (Phi) is 18.6. The van der Waals surface area contributed by atoms with Gasteiger partial charge in [-0.05, 0) is 38.8 Å². The van der Waals surface area contributed by atoms with E-state index in [1.165, 1.54) is 40.5 Å². The number of hydrogen-bond donors (Lipinski definition) is 2. The second kappa shape index (κ2) is 15.9. The fraction of sp³-hybridized carbons (Fsp3) is 0.625. The van der Waals surface area contributed by atoms with E-state index in [0.717, 1.165) is 25.0 Å². The monoisotopic (exact) mass is 507 g/mol. The van der Waals surface area contributed by atoms with Crippen LogP contribution in [-0.4, -0.2) is 23.7 Å². The molecule has 23 heavy (non-hydrogen) atoms. The molecule has 0 saturated heterocycles. The molecule has 0 aromatic rings. The Morgan fingerprint density at radius 2 is 1.09 bits per heavy atom. The number of carbonyl (C=O) groups is 2. The third-order valence-corrected chi connectivity index (χ3v) is 2.69. The fourth-order valence-corrected chi connectivity index (χ4v) is 1.76. The average molecular weight is 507 g/mol. The predicted octanol–water partition coefficient (Wildman–Crippen LogP) is -0.108. The zero-order valence-electron chi connectivity index (χ0n) is 14.2. The van der Waals surface area contributed by atoms with Crippen molar-refractivity contribution in [2.75, 3.05) is 0 Å². The molecular weight excluding hydrogens is 479 g/mol. The quantitative estimate of drug-likeness (QED) is 0.396.